The van der Waals surface area contributed by atoms with Crippen molar-refractivity contribution in [3.8, 4) is 0 Å². The Labute approximate surface area is 148 Å². The van der Waals surface area contributed by atoms with Crippen molar-refractivity contribution >= 4 is 11.8 Å². The van der Waals surface area contributed by atoms with Gasteiger partial charge in [0.15, 0.2) is 0 Å². The molecule has 2 aromatic carbocycles. The van der Waals surface area contributed by atoms with E-state index in [0.29, 0.717) is 18.7 Å². The van der Waals surface area contributed by atoms with E-state index in [-0.39, 0.29) is 36.9 Å². The monoisotopic (exact) mass is 362 g/mol. The van der Waals surface area contributed by atoms with E-state index < -0.39 is 17.5 Å². The minimum atomic E-state index is -0.747. The first-order chi connectivity index (χ1) is 12.5. The van der Waals surface area contributed by atoms with Gasteiger partial charge in [0.05, 0.1) is 6.42 Å². The molecule has 0 saturated carbocycles. The first-order valence-electron chi connectivity index (χ1n) is 8.21. The van der Waals surface area contributed by atoms with Crippen molar-refractivity contribution in [2.24, 2.45) is 0 Å². The fourth-order valence-electron chi connectivity index (χ4n) is 2.90. The minimum Gasteiger partial charge on any atom is -0.339 e. The van der Waals surface area contributed by atoms with E-state index in [4.69, 9.17) is 0 Å². The zero-order valence-corrected chi connectivity index (χ0v) is 13.9. The molecule has 0 N–H and O–H groups in total. The van der Waals surface area contributed by atoms with Gasteiger partial charge in [0.25, 0.3) is 5.91 Å². The number of halogens is 3. The molecule has 0 radical (unpaired) electrons. The van der Waals surface area contributed by atoms with E-state index in [1.165, 1.54) is 35.2 Å². The van der Waals surface area contributed by atoms with Crippen LogP contribution in [0.1, 0.15) is 15.9 Å². The van der Waals surface area contributed by atoms with Crippen molar-refractivity contribution in [2.75, 3.05) is 26.2 Å². The molecule has 0 bridgehead atoms. The van der Waals surface area contributed by atoms with Gasteiger partial charge in [-0.25, -0.2) is 13.2 Å². The van der Waals surface area contributed by atoms with Crippen LogP contribution in [-0.4, -0.2) is 47.8 Å². The number of rotatable bonds is 3. The molecule has 1 saturated heterocycles. The molecule has 1 aliphatic rings. The van der Waals surface area contributed by atoms with Crippen LogP contribution >= 0.6 is 0 Å². The Balaban J connectivity index is 1.58. The number of carbonyl (C=O) groups excluding carboxylic acids is 2. The number of hydrogen-bond donors (Lipinski definition) is 0. The standard InChI is InChI=1S/C19H17F3N2O2/c20-14-6-4-13(5-7-14)19(26)24-10-8-23(9-11-24)18(25)12-15-16(21)2-1-3-17(15)22/h1-7H,8-12H2. The second-order valence-electron chi connectivity index (χ2n) is 6.06. The predicted octanol–water partition coefficient (Wildman–Crippen LogP) is 2.63. The van der Waals surface area contributed by atoms with E-state index in [0.717, 1.165) is 12.1 Å². The zero-order valence-electron chi connectivity index (χ0n) is 13.9. The molecule has 136 valence electrons. The Hall–Kier alpha value is -2.83. The van der Waals surface area contributed by atoms with Gasteiger partial charge in [0.1, 0.15) is 17.5 Å². The second kappa shape index (κ2) is 7.59. The Morgan fingerprint density at radius 2 is 1.35 bits per heavy atom. The number of nitrogens with zero attached hydrogens (tertiary/aromatic N) is 2. The lowest BCUT2D eigenvalue weighted by molar-refractivity contribution is -0.132. The lowest BCUT2D eigenvalue weighted by Gasteiger charge is -2.35. The molecule has 0 atom stereocenters. The van der Waals surface area contributed by atoms with Crippen molar-refractivity contribution in [1.29, 1.82) is 0 Å². The van der Waals surface area contributed by atoms with E-state index in [9.17, 15) is 22.8 Å². The zero-order chi connectivity index (χ0) is 18.7. The summed E-state index contributed by atoms with van der Waals surface area (Å²) < 4.78 is 40.3. The maximum absolute atomic E-state index is 13.7. The van der Waals surface area contributed by atoms with Crippen LogP contribution in [0.4, 0.5) is 13.2 Å². The van der Waals surface area contributed by atoms with Gasteiger partial charge in [-0.15, -0.1) is 0 Å². The highest BCUT2D eigenvalue weighted by molar-refractivity contribution is 5.94. The quantitative estimate of drug-likeness (QED) is 0.842. The average Bonchev–Trinajstić information content (AvgIpc) is 2.65. The Kier molecular flexibility index (Phi) is 5.25. The van der Waals surface area contributed by atoms with Crippen LogP contribution in [0.25, 0.3) is 0 Å². The molecule has 3 rings (SSSR count). The smallest absolute Gasteiger partial charge is 0.253 e. The third kappa shape index (κ3) is 3.87. The van der Waals surface area contributed by atoms with Crippen molar-refractivity contribution < 1.29 is 22.8 Å². The van der Waals surface area contributed by atoms with Gasteiger partial charge >= 0.3 is 0 Å². The first kappa shape index (κ1) is 18.0. The summed E-state index contributed by atoms with van der Waals surface area (Å²) in [4.78, 5) is 27.7. The number of carbonyl (C=O) groups is 2. The lowest BCUT2D eigenvalue weighted by Crippen LogP contribution is -2.51. The van der Waals surface area contributed by atoms with Crippen LogP contribution in [-0.2, 0) is 11.2 Å². The Morgan fingerprint density at radius 1 is 0.808 bits per heavy atom. The molecule has 1 fully saturated rings. The summed E-state index contributed by atoms with van der Waals surface area (Å²) in [5.74, 6) is -2.54. The molecule has 1 aliphatic heterocycles. The molecule has 0 aliphatic carbocycles. The third-order valence-corrected chi connectivity index (χ3v) is 4.40. The highest BCUT2D eigenvalue weighted by Gasteiger charge is 2.26. The summed E-state index contributed by atoms with van der Waals surface area (Å²) in [6, 6.07) is 8.74. The fraction of sp³-hybridized carbons (Fsp3) is 0.263. The summed E-state index contributed by atoms with van der Waals surface area (Å²) in [5, 5.41) is 0. The van der Waals surface area contributed by atoms with Gasteiger partial charge < -0.3 is 9.80 Å². The van der Waals surface area contributed by atoms with Crippen LogP contribution in [0.5, 0.6) is 0 Å². The summed E-state index contributed by atoms with van der Waals surface area (Å²) in [7, 11) is 0. The van der Waals surface area contributed by atoms with E-state index in [1.54, 1.807) is 4.90 Å². The summed E-state index contributed by atoms with van der Waals surface area (Å²) >= 11 is 0. The van der Waals surface area contributed by atoms with Gasteiger partial charge in [-0.3, -0.25) is 9.59 Å². The molecule has 4 nitrogen and oxygen atoms in total. The SMILES string of the molecule is O=C(Cc1c(F)cccc1F)N1CCN(C(=O)c2ccc(F)cc2)CC1. The molecule has 2 amide bonds. The van der Waals surface area contributed by atoms with Crippen molar-refractivity contribution in [2.45, 2.75) is 6.42 Å². The molecule has 26 heavy (non-hydrogen) atoms. The minimum absolute atomic E-state index is 0.239. The molecule has 2 aromatic rings. The molecule has 0 spiro atoms. The number of piperazine rings is 1. The third-order valence-electron chi connectivity index (χ3n) is 4.40. The second-order valence-corrected chi connectivity index (χ2v) is 6.06. The highest BCUT2D eigenvalue weighted by Crippen LogP contribution is 2.15. The largest absolute Gasteiger partial charge is 0.339 e. The summed E-state index contributed by atoms with van der Waals surface area (Å²) in [5.41, 5.74) is 0.127. The van der Waals surface area contributed by atoms with Gasteiger partial charge in [-0.2, -0.15) is 0 Å². The van der Waals surface area contributed by atoms with Gasteiger partial charge in [-0.1, -0.05) is 6.07 Å². The molecule has 1 heterocycles. The molecule has 0 aromatic heterocycles. The van der Waals surface area contributed by atoms with Gasteiger partial charge in [-0.05, 0) is 36.4 Å². The van der Waals surface area contributed by atoms with Gasteiger partial charge in [0.2, 0.25) is 5.91 Å². The van der Waals surface area contributed by atoms with Gasteiger partial charge in [0, 0.05) is 37.3 Å². The van der Waals surface area contributed by atoms with E-state index >= 15 is 0 Å². The number of amides is 2. The Bertz CT molecular complexity index is 796. The molecular weight excluding hydrogens is 345 g/mol. The highest BCUT2D eigenvalue weighted by atomic mass is 19.1. The molecule has 7 heteroatoms. The van der Waals surface area contributed by atoms with E-state index in [1.807, 2.05) is 0 Å². The first-order valence-corrected chi connectivity index (χ1v) is 8.21. The molecular formula is C19H17F3N2O2. The maximum Gasteiger partial charge on any atom is 0.253 e. The predicted molar refractivity (Wildman–Crippen MR) is 88.9 cm³/mol. The average molecular weight is 362 g/mol. The van der Waals surface area contributed by atoms with Crippen LogP contribution in [0.2, 0.25) is 0 Å². The van der Waals surface area contributed by atoms with Crippen molar-refractivity contribution in [3.05, 3.63) is 71.0 Å². The van der Waals surface area contributed by atoms with Crippen molar-refractivity contribution in [1.82, 2.24) is 9.80 Å². The normalized spacial score (nSPS) is 14.4. The Morgan fingerprint density at radius 3 is 1.92 bits per heavy atom. The van der Waals surface area contributed by atoms with E-state index in [2.05, 4.69) is 0 Å². The number of benzene rings is 2. The topological polar surface area (TPSA) is 40.6 Å². The van der Waals surface area contributed by atoms with Crippen molar-refractivity contribution in [3.63, 3.8) is 0 Å². The van der Waals surface area contributed by atoms with Crippen LogP contribution in [0, 0.1) is 17.5 Å². The van der Waals surface area contributed by atoms with Crippen LogP contribution < -0.4 is 0 Å². The summed E-state index contributed by atoms with van der Waals surface area (Å²) in [6.45, 7) is 1.17. The fourth-order valence-corrected chi connectivity index (χ4v) is 2.90. The molecule has 0 unspecified atom stereocenters. The van der Waals surface area contributed by atoms with Crippen LogP contribution in [0.15, 0.2) is 42.5 Å². The lowest BCUT2D eigenvalue weighted by atomic mass is 10.1. The number of hydrogen-bond acceptors (Lipinski definition) is 2. The maximum atomic E-state index is 13.7. The van der Waals surface area contributed by atoms with Crippen LogP contribution in [0.3, 0.4) is 0 Å². The summed E-state index contributed by atoms with van der Waals surface area (Å²) in [6.07, 6.45) is -0.357.